The second-order valence-corrected chi connectivity index (χ2v) is 5.74. The van der Waals surface area contributed by atoms with Gasteiger partial charge in [0.25, 0.3) is 0 Å². The van der Waals surface area contributed by atoms with Gasteiger partial charge in [-0.2, -0.15) is 0 Å². The molecule has 0 aliphatic heterocycles. The summed E-state index contributed by atoms with van der Waals surface area (Å²) in [5, 5.41) is 4.80. The van der Waals surface area contributed by atoms with Crippen LogP contribution < -0.4 is 11.1 Å². The van der Waals surface area contributed by atoms with Gasteiger partial charge in [-0.15, -0.1) is 36.2 Å². The van der Waals surface area contributed by atoms with Gasteiger partial charge in [-0.1, -0.05) is 6.07 Å². The van der Waals surface area contributed by atoms with Crippen LogP contribution in [0.3, 0.4) is 0 Å². The van der Waals surface area contributed by atoms with Crippen LogP contribution in [0.15, 0.2) is 21.9 Å². The lowest BCUT2D eigenvalue weighted by molar-refractivity contribution is -0.120. The van der Waals surface area contributed by atoms with Gasteiger partial charge in [-0.05, 0) is 31.7 Å². The van der Waals surface area contributed by atoms with Crippen molar-refractivity contribution in [1.29, 1.82) is 0 Å². The van der Waals surface area contributed by atoms with Crippen LogP contribution in [-0.2, 0) is 11.2 Å². The van der Waals surface area contributed by atoms with Crippen molar-refractivity contribution in [2.45, 2.75) is 32.7 Å². The molecule has 2 aromatic rings. The number of amides is 1. The lowest BCUT2D eigenvalue weighted by Crippen LogP contribution is -2.30. The molecule has 0 saturated carbocycles. The molecule has 1 unspecified atom stereocenters. The minimum absolute atomic E-state index is 0. The first-order valence-electron chi connectivity index (χ1n) is 6.58. The van der Waals surface area contributed by atoms with Crippen molar-refractivity contribution in [3.05, 3.63) is 29.0 Å². The Kier molecular flexibility index (Phi) is 9.36. The SMILES string of the molecule is Cc1oc(-c2cccs2)nc1CC(=O)NCCC(C)N.Cl.Cl. The van der Waals surface area contributed by atoms with E-state index in [0.29, 0.717) is 23.9 Å². The summed E-state index contributed by atoms with van der Waals surface area (Å²) in [6, 6.07) is 3.98. The molecule has 2 aromatic heterocycles. The predicted molar refractivity (Wildman–Crippen MR) is 94.0 cm³/mol. The molecule has 0 fully saturated rings. The summed E-state index contributed by atoms with van der Waals surface area (Å²) < 4.78 is 5.60. The van der Waals surface area contributed by atoms with E-state index in [1.54, 1.807) is 11.3 Å². The number of carbonyl (C=O) groups is 1. The molecule has 8 heteroatoms. The first-order valence-corrected chi connectivity index (χ1v) is 7.46. The number of hydrogen-bond donors (Lipinski definition) is 2. The van der Waals surface area contributed by atoms with E-state index >= 15 is 0 Å². The fraction of sp³-hybridized carbons (Fsp3) is 0.429. The van der Waals surface area contributed by atoms with E-state index in [-0.39, 0.29) is 43.2 Å². The van der Waals surface area contributed by atoms with Gasteiger partial charge in [0, 0.05) is 12.6 Å². The van der Waals surface area contributed by atoms with Gasteiger partial charge in [0.05, 0.1) is 17.0 Å². The average molecular weight is 366 g/mol. The van der Waals surface area contributed by atoms with Gasteiger partial charge in [0.15, 0.2) is 0 Å². The summed E-state index contributed by atoms with van der Waals surface area (Å²) >= 11 is 1.56. The number of oxazole rings is 1. The van der Waals surface area contributed by atoms with E-state index in [1.165, 1.54) is 0 Å². The van der Waals surface area contributed by atoms with Gasteiger partial charge in [-0.3, -0.25) is 4.79 Å². The highest BCUT2D eigenvalue weighted by Crippen LogP contribution is 2.25. The fourth-order valence-electron chi connectivity index (χ4n) is 1.75. The highest BCUT2D eigenvalue weighted by atomic mass is 35.5. The van der Waals surface area contributed by atoms with E-state index in [4.69, 9.17) is 10.2 Å². The minimum atomic E-state index is -0.0558. The van der Waals surface area contributed by atoms with Crippen LogP contribution in [0.2, 0.25) is 0 Å². The van der Waals surface area contributed by atoms with Crippen LogP contribution in [0.4, 0.5) is 0 Å². The molecule has 0 aliphatic carbocycles. The Bertz CT molecular complexity index is 571. The second-order valence-electron chi connectivity index (χ2n) is 4.79. The van der Waals surface area contributed by atoms with Gasteiger partial charge >= 0.3 is 0 Å². The molecule has 1 amide bonds. The molecule has 0 aliphatic rings. The summed E-state index contributed by atoms with van der Waals surface area (Å²) in [6.45, 7) is 4.33. The molecule has 0 radical (unpaired) electrons. The normalized spacial score (nSPS) is 11.2. The quantitative estimate of drug-likeness (QED) is 0.824. The standard InChI is InChI=1S/C14H19N3O2S.2ClH/c1-9(15)5-6-16-13(18)8-11-10(2)19-14(17-11)12-4-3-7-20-12;;/h3-4,7,9H,5-6,8,15H2,1-2H3,(H,16,18);2*1H. The van der Waals surface area contributed by atoms with Gasteiger partial charge in [0.1, 0.15) is 5.76 Å². The van der Waals surface area contributed by atoms with Crippen molar-refractivity contribution in [2.24, 2.45) is 5.73 Å². The third kappa shape index (κ3) is 5.96. The number of nitrogens with one attached hydrogen (secondary N) is 1. The number of carbonyl (C=O) groups excluding carboxylic acids is 1. The number of halogens is 2. The number of rotatable bonds is 6. The van der Waals surface area contributed by atoms with Crippen molar-refractivity contribution in [2.75, 3.05) is 6.54 Å². The Morgan fingerprint density at radius 2 is 2.23 bits per heavy atom. The topological polar surface area (TPSA) is 81.2 Å². The number of aryl methyl sites for hydroxylation is 1. The molecule has 0 saturated heterocycles. The van der Waals surface area contributed by atoms with Crippen LogP contribution in [0.1, 0.15) is 24.8 Å². The zero-order valence-electron chi connectivity index (χ0n) is 12.5. The smallest absolute Gasteiger partial charge is 0.236 e. The minimum Gasteiger partial charge on any atom is -0.440 e. The number of nitrogens with two attached hydrogens (primary N) is 1. The van der Waals surface area contributed by atoms with Gasteiger partial charge in [-0.25, -0.2) is 4.98 Å². The third-order valence-electron chi connectivity index (χ3n) is 2.87. The molecule has 1 atom stereocenters. The highest BCUT2D eigenvalue weighted by Gasteiger charge is 2.15. The summed E-state index contributed by atoms with van der Waals surface area (Å²) in [5.74, 6) is 1.21. The maximum absolute atomic E-state index is 11.8. The largest absolute Gasteiger partial charge is 0.440 e. The third-order valence-corrected chi connectivity index (χ3v) is 3.73. The molecule has 124 valence electrons. The molecule has 0 spiro atoms. The van der Waals surface area contributed by atoms with Crippen LogP contribution in [-0.4, -0.2) is 23.5 Å². The average Bonchev–Trinajstić information content (AvgIpc) is 2.99. The molecule has 0 bridgehead atoms. The summed E-state index contributed by atoms with van der Waals surface area (Å²) in [5.41, 5.74) is 6.32. The first kappa shape index (κ1) is 20.9. The Hall–Kier alpha value is -1.08. The Morgan fingerprint density at radius 3 is 2.82 bits per heavy atom. The van der Waals surface area contributed by atoms with E-state index in [0.717, 1.165) is 11.3 Å². The fourth-order valence-corrected chi connectivity index (χ4v) is 2.40. The molecule has 0 aromatic carbocycles. The molecule has 2 rings (SSSR count). The van der Waals surface area contributed by atoms with Gasteiger partial charge in [0.2, 0.25) is 11.8 Å². The number of hydrogen-bond acceptors (Lipinski definition) is 5. The monoisotopic (exact) mass is 365 g/mol. The summed E-state index contributed by atoms with van der Waals surface area (Å²) in [6.07, 6.45) is 1.00. The molecule has 3 N–H and O–H groups in total. The molecule has 5 nitrogen and oxygen atoms in total. The van der Waals surface area contributed by atoms with E-state index in [9.17, 15) is 4.79 Å². The molecular formula is C14H21Cl2N3O2S. The summed E-state index contributed by atoms with van der Waals surface area (Å²) in [4.78, 5) is 17.2. The lowest BCUT2D eigenvalue weighted by Gasteiger charge is -2.06. The lowest BCUT2D eigenvalue weighted by atomic mass is 10.2. The Morgan fingerprint density at radius 1 is 1.50 bits per heavy atom. The van der Waals surface area contributed by atoms with Crippen LogP contribution in [0.25, 0.3) is 10.8 Å². The number of nitrogens with zero attached hydrogens (tertiary/aromatic N) is 1. The van der Waals surface area contributed by atoms with Crippen molar-refractivity contribution >= 4 is 42.1 Å². The summed E-state index contributed by atoms with van der Waals surface area (Å²) in [7, 11) is 0. The van der Waals surface area contributed by atoms with Crippen molar-refractivity contribution in [3.63, 3.8) is 0 Å². The number of thiophene rings is 1. The van der Waals surface area contributed by atoms with Crippen LogP contribution in [0.5, 0.6) is 0 Å². The molecule has 2 heterocycles. The molecule has 22 heavy (non-hydrogen) atoms. The maximum atomic E-state index is 11.8. The number of aromatic nitrogens is 1. The Labute approximate surface area is 146 Å². The zero-order chi connectivity index (χ0) is 14.5. The van der Waals surface area contributed by atoms with Crippen molar-refractivity contribution in [1.82, 2.24) is 10.3 Å². The van der Waals surface area contributed by atoms with Crippen LogP contribution >= 0.6 is 36.2 Å². The van der Waals surface area contributed by atoms with E-state index < -0.39 is 0 Å². The second kappa shape index (κ2) is 9.84. The predicted octanol–water partition coefficient (Wildman–Crippen LogP) is 2.95. The maximum Gasteiger partial charge on any atom is 0.236 e. The highest BCUT2D eigenvalue weighted by molar-refractivity contribution is 7.13. The van der Waals surface area contributed by atoms with Crippen molar-refractivity contribution < 1.29 is 9.21 Å². The van der Waals surface area contributed by atoms with Gasteiger partial charge < -0.3 is 15.5 Å². The zero-order valence-corrected chi connectivity index (χ0v) is 14.9. The van der Waals surface area contributed by atoms with E-state index in [2.05, 4.69) is 10.3 Å². The molecular weight excluding hydrogens is 345 g/mol. The van der Waals surface area contributed by atoms with Crippen LogP contribution in [0, 0.1) is 6.92 Å². The van der Waals surface area contributed by atoms with Crippen molar-refractivity contribution in [3.8, 4) is 10.8 Å². The first-order chi connectivity index (χ1) is 9.56. The van der Waals surface area contributed by atoms with E-state index in [1.807, 2.05) is 31.4 Å². The Balaban J connectivity index is 0.00000220.